The van der Waals surface area contributed by atoms with Crippen LogP contribution in [0.15, 0.2) is 52.0 Å². The van der Waals surface area contributed by atoms with Crippen LogP contribution in [-0.4, -0.2) is 24.3 Å². The Balaban J connectivity index is 2.35. The van der Waals surface area contributed by atoms with Crippen LogP contribution in [0.2, 0.25) is 0 Å². The van der Waals surface area contributed by atoms with Crippen LogP contribution >= 0.6 is 12.2 Å². The van der Waals surface area contributed by atoms with Crippen LogP contribution in [0.3, 0.4) is 0 Å². The molecule has 0 radical (unpaired) electrons. The van der Waals surface area contributed by atoms with Crippen LogP contribution in [0.4, 0.5) is 0 Å². The number of sulfonamides is 1. The minimum Gasteiger partial charge on any atom is -0.468 e. The van der Waals surface area contributed by atoms with Gasteiger partial charge in [0.1, 0.15) is 10.7 Å². The standard InChI is InChI=1S/C14H16N2O3S2/c1-2-16(10-12-6-4-8-19-12)21(17,18)13-7-3-5-11(9-13)14(15)20/h3-9H,2,10H2,1H3,(H2,15,20). The third kappa shape index (κ3) is 3.49. The number of hydrogen-bond acceptors (Lipinski definition) is 4. The monoisotopic (exact) mass is 324 g/mol. The van der Waals surface area contributed by atoms with E-state index >= 15 is 0 Å². The number of hydrogen-bond donors (Lipinski definition) is 1. The normalized spacial score (nSPS) is 11.7. The first-order valence-electron chi connectivity index (χ1n) is 6.37. The predicted octanol–water partition coefficient (Wildman–Crippen LogP) is 2.12. The van der Waals surface area contributed by atoms with E-state index in [0.717, 1.165) is 0 Å². The van der Waals surface area contributed by atoms with Gasteiger partial charge in [-0.1, -0.05) is 31.3 Å². The zero-order valence-corrected chi connectivity index (χ0v) is 13.2. The highest BCUT2D eigenvalue weighted by atomic mass is 32.2. The second-order valence-electron chi connectivity index (χ2n) is 4.40. The van der Waals surface area contributed by atoms with Crippen molar-refractivity contribution in [1.29, 1.82) is 0 Å². The van der Waals surface area contributed by atoms with E-state index in [9.17, 15) is 8.42 Å². The summed E-state index contributed by atoms with van der Waals surface area (Å²) in [5.41, 5.74) is 6.08. The van der Waals surface area contributed by atoms with E-state index < -0.39 is 10.0 Å². The summed E-state index contributed by atoms with van der Waals surface area (Å²) in [6, 6.07) is 9.80. The van der Waals surface area contributed by atoms with Gasteiger partial charge in [-0.2, -0.15) is 4.31 Å². The van der Waals surface area contributed by atoms with E-state index in [-0.39, 0.29) is 16.4 Å². The molecule has 0 fully saturated rings. The summed E-state index contributed by atoms with van der Waals surface area (Å²) in [5.74, 6) is 0.589. The molecule has 0 saturated heterocycles. The molecule has 0 unspecified atom stereocenters. The molecule has 0 aliphatic rings. The quantitative estimate of drug-likeness (QED) is 0.824. The lowest BCUT2D eigenvalue weighted by Gasteiger charge is -2.19. The molecule has 0 saturated carbocycles. The second kappa shape index (κ2) is 6.38. The Bertz CT molecular complexity index is 724. The molecule has 0 aliphatic carbocycles. The van der Waals surface area contributed by atoms with Crippen molar-refractivity contribution in [3.63, 3.8) is 0 Å². The maximum absolute atomic E-state index is 12.7. The van der Waals surface area contributed by atoms with Gasteiger partial charge in [0, 0.05) is 12.1 Å². The number of nitrogens with two attached hydrogens (primary N) is 1. The maximum Gasteiger partial charge on any atom is 0.243 e. The molecule has 0 amide bonds. The lowest BCUT2D eigenvalue weighted by Crippen LogP contribution is -2.30. The zero-order chi connectivity index (χ0) is 15.5. The third-order valence-electron chi connectivity index (χ3n) is 3.02. The van der Waals surface area contributed by atoms with Gasteiger partial charge in [-0.05, 0) is 24.3 Å². The van der Waals surface area contributed by atoms with Gasteiger partial charge in [0.2, 0.25) is 10.0 Å². The molecule has 0 atom stereocenters. The van der Waals surface area contributed by atoms with Crippen molar-refractivity contribution in [2.45, 2.75) is 18.4 Å². The van der Waals surface area contributed by atoms with Crippen LogP contribution in [-0.2, 0) is 16.6 Å². The molecule has 2 N–H and O–H groups in total. The highest BCUT2D eigenvalue weighted by Gasteiger charge is 2.24. The summed E-state index contributed by atoms with van der Waals surface area (Å²) in [6.07, 6.45) is 1.52. The molecular weight excluding hydrogens is 308 g/mol. The average molecular weight is 324 g/mol. The summed E-state index contributed by atoms with van der Waals surface area (Å²) in [5, 5.41) is 0. The highest BCUT2D eigenvalue weighted by molar-refractivity contribution is 7.89. The SMILES string of the molecule is CCN(Cc1ccco1)S(=O)(=O)c1cccc(C(N)=S)c1. The van der Waals surface area contributed by atoms with Crippen molar-refractivity contribution in [2.75, 3.05) is 6.54 Å². The fourth-order valence-corrected chi connectivity index (χ4v) is 3.49. The number of nitrogens with zero attached hydrogens (tertiary/aromatic N) is 1. The van der Waals surface area contributed by atoms with Gasteiger partial charge >= 0.3 is 0 Å². The topological polar surface area (TPSA) is 76.5 Å². The van der Waals surface area contributed by atoms with E-state index in [1.54, 1.807) is 31.2 Å². The van der Waals surface area contributed by atoms with E-state index in [1.807, 2.05) is 0 Å². The van der Waals surface area contributed by atoms with Gasteiger partial charge < -0.3 is 10.2 Å². The molecule has 1 aromatic heterocycles. The number of furan rings is 1. The largest absolute Gasteiger partial charge is 0.468 e. The second-order valence-corrected chi connectivity index (χ2v) is 6.78. The predicted molar refractivity (Wildman–Crippen MR) is 84.3 cm³/mol. The molecule has 112 valence electrons. The van der Waals surface area contributed by atoms with Crippen LogP contribution in [0.5, 0.6) is 0 Å². The van der Waals surface area contributed by atoms with Gasteiger partial charge in [0.25, 0.3) is 0 Å². The molecule has 0 aliphatic heterocycles. The minimum absolute atomic E-state index is 0.168. The van der Waals surface area contributed by atoms with Crippen molar-refractivity contribution in [3.8, 4) is 0 Å². The molecule has 0 bridgehead atoms. The van der Waals surface area contributed by atoms with Gasteiger partial charge in [0.05, 0.1) is 17.7 Å². The Hall–Kier alpha value is -1.70. The molecule has 7 heteroatoms. The van der Waals surface area contributed by atoms with Crippen molar-refractivity contribution < 1.29 is 12.8 Å². The Morgan fingerprint density at radius 3 is 2.67 bits per heavy atom. The minimum atomic E-state index is -3.63. The average Bonchev–Trinajstić information content (AvgIpc) is 2.97. The smallest absolute Gasteiger partial charge is 0.243 e. The van der Waals surface area contributed by atoms with Gasteiger partial charge in [-0.3, -0.25) is 0 Å². The van der Waals surface area contributed by atoms with Gasteiger partial charge in [-0.25, -0.2) is 8.42 Å². The molecule has 1 aromatic carbocycles. The number of rotatable bonds is 6. The molecule has 2 aromatic rings. The summed E-state index contributed by atoms with van der Waals surface area (Å²) in [4.78, 5) is 0.335. The summed E-state index contributed by atoms with van der Waals surface area (Å²) < 4.78 is 31.9. The first kappa shape index (κ1) is 15.7. The zero-order valence-electron chi connectivity index (χ0n) is 11.5. The third-order valence-corrected chi connectivity index (χ3v) is 5.17. The Kier molecular flexibility index (Phi) is 4.76. The van der Waals surface area contributed by atoms with Crippen molar-refractivity contribution >= 4 is 27.2 Å². The van der Waals surface area contributed by atoms with E-state index in [4.69, 9.17) is 22.4 Å². The molecule has 1 heterocycles. The van der Waals surface area contributed by atoms with Crippen LogP contribution in [0, 0.1) is 0 Å². The van der Waals surface area contributed by atoms with E-state index in [2.05, 4.69) is 0 Å². The first-order valence-corrected chi connectivity index (χ1v) is 8.22. The Morgan fingerprint density at radius 2 is 2.10 bits per heavy atom. The highest BCUT2D eigenvalue weighted by Crippen LogP contribution is 2.19. The number of benzene rings is 1. The number of thiocarbonyl (C=S) groups is 1. The molecule has 21 heavy (non-hydrogen) atoms. The van der Waals surface area contributed by atoms with Gasteiger partial charge in [0.15, 0.2) is 0 Å². The van der Waals surface area contributed by atoms with Gasteiger partial charge in [-0.15, -0.1) is 0 Å². The lowest BCUT2D eigenvalue weighted by atomic mass is 10.2. The van der Waals surface area contributed by atoms with Crippen LogP contribution < -0.4 is 5.73 Å². The molecule has 5 nitrogen and oxygen atoms in total. The Morgan fingerprint density at radius 1 is 1.33 bits per heavy atom. The van der Waals surface area contributed by atoms with E-state index in [0.29, 0.717) is 17.9 Å². The lowest BCUT2D eigenvalue weighted by molar-refractivity contribution is 0.375. The summed E-state index contributed by atoms with van der Waals surface area (Å²) in [7, 11) is -3.63. The molecule has 0 spiro atoms. The van der Waals surface area contributed by atoms with Crippen LogP contribution in [0.25, 0.3) is 0 Å². The fraction of sp³-hybridized carbons (Fsp3) is 0.214. The van der Waals surface area contributed by atoms with Crippen molar-refractivity contribution in [3.05, 3.63) is 54.0 Å². The molecule has 2 rings (SSSR count). The summed E-state index contributed by atoms with van der Waals surface area (Å²) >= 11 is 4.89. The van der Waals surface area contributed by atoms with Crippen molar-refractivity contribution in [2.24, 2.45) is 5.73 Å². The van der Waals surface area contributed by atoms with Crippen molar-refractivity contribution in [1.82, 2.24) is 4.31 Å². The first-order chi connectivity index (χ1) is 9.95. The van der Waals surface area contributed by atoms with Crippen LogP contribution in [0.1, 0.15) is 18.2 Å². The fourth-order valence-electron chi connectivity index (χ4n) is 1.90. The maximum atomic E-state index is 12.7. The summed E-state index contributed by atoms with van der Waals surface area (Å²) in [6.45, 7) is 2.29. The van der Waals surface area contributed by atoms with E-state index in [1.165, 1.54) is 22.7 Å². The molecular formula is C14H16N2O3S2. The Labute approximate surface area is 129 Å².